The van der Waals surface area contributed by atoms with Crippen LogP contribution in [0, 0.1) is 11.8 Å². The molecule has 1 aliphatic carbocycles. The molecule has 88 valence electrons. The van der Waals surface area contributed by atoms with E-state index in [9.17, 15) is 4.79 Å². The summed E-state index contributed by atoms with van der Waals surface area (Å²) in [4.78, 5) is 13.9. The van der Waals surface area contributed by atoms with Gasteiger partial charge in [0.25, 0.3) is 0 Å². The number of alkyl halides is 1. The molecule has 3 atom stereocenters. The van der Waals surface area contributed by atoms with E-state index < -0.39 is 0 Å². The van der Waals surface area contributed by atoms with Crippen LogP contribution in [-0.4, -0.2) is 29.8 Å². The summed E-state index contributed by atoms with van der Waals surface area (Å²) in [5.74, 6) is 1.20. The Morgan fingerprint density at radius 2 is 2.07 bits per heavy atom. The van der Waals surface area contributed by atoms with Crippen molar-refractivity contribution in [1.82, 2.24) is 4.90 Å². The summed E-state index contributed by atoms with van der Waals surface area (Å²) in [6.07, 6.45) is 4.96. The third-order valence-electron chi connectivity index (χ3n) is 3.56. The number of nitrogens with zero attached hydrogens (tertiary/aromatic N) is 1. The fourth-order valence-electron chi connectivity index (χ4n) is 2.45. The Morgan fingerprint density at radius 3 is 2.60 bits per heavy atom. The Labute approximate surface area is 98.0 Å². The fourth-order valence-corrected chi connectivity index (χ4v) is 2.58. The highest BCUT2D eigenvalue weighted by Gasteiger charge is 2.29. The normalized spacial score (nSPS) is 28.5. The molecule has 1 rings (SSSR count). The average Bonchev–Trinajstić information content (AvgIpc) is 2.26. The molecular formula is C12H22ClNO. The molecule has 1 saturated carbocycles. The van der Waals surface area contributed by atoms with Gasteiger partial charge in [-0.25, -0.2) is 0 Å². The molecule has 3 unspecified atom stereocenters. The third-order valence-corrected chi connectivity index (χ3v) is 4.03. The molecule has 3 heteroatoms. The number of halogens is 1. The van der Waals surface area contributed by atoms with Crippen molar-refractivity contribution >= 4 is 17.5 Å². The lowest BCUT2D eigenvalue weighted by atomic mass is 9.85. The average molecular weight is 232 g/mol. The molecule has 1 fully saturated rings. The molecule has 0 aromatic carbocycles. The summed E-state index contributed by atoms with van der Waals surface area (Å²) in [5, 5.41) is 0. The Morgan fingerprint density at radius 1 is 1.47 bits per heavy atom. The Hall–Kier alpha value is -0.240. The van der Waals surface area contributed by atoms with Crippen LogP contribution in [0.4, 0.5) is 0 Å². The fraction of sp³-hybridized carbons (Fsp3) is 0.917. The van der Waals surface area contributed by atoms with Gasteiger partial charge in [-0.2, -0.15) is 0 Å². The van der Waals surface area contributed by atoms with E-state index in [2.05, 4.69) is 6.92 Å². The van der Waals surface area contributed by atoms with Gasteiger partial charge >= 0.3 is 0 Å². The lowest BCUT2D eigenvalue weighted by molar-refractivity contribution is -0.136. The van der Waals surface area contributed by atoms with Crippen molar-refractivity contribution < 1.29 is 4.79 Å². The van der Waals surface area contributed by atoms with Gasteiger partial charge in [-0.3, -0.25) is 4.79 Å². The summed E-state index contributed by atoms with van der Waals surface area (Å²) >= 11 is 5.72. The molecule has 0 aromatic rings. The quantitative estimate of drug-likeness (QED) is 0.684. The molecule has 1 aliphatic rings. The summed E-state index contributed by atoms with van der Waals surface area (Å²) in [7, 11) is 1.93. The van der Waals surface area contributed by atoms with Gasteiger partial charge in [-0.1, -0.05) is 26.7 Å². The molecule has 1 amide bonds. The van der Waals surface area contributed by atoms with Gasteiger partial charge in [0, 0.05) is 24.9 Å². The van der Waals surface area contributed by atoms with Crippen molar-refractivity contribution in [3.63, 3.8) is 0 Å². The Bertz CT molecular complexity index is 220. The van der Waals surface area contributed by atoms with Crippen molar-refractivity contribution in [2.45, 2.75) is 45.6 Å². The maximum atomic E-state index is 12.0. The van der Waals surface area contributed by atoms with Crippen LogP contribution in [0.1, 0.15) is 39.5 Å². The van der Waals surface area contributed by atoms with E-state index in [0.29, 0.717) is 17.8 Å². The first kappa shape index (κ1) is 12.8. The number of hydrogen-bond donors (Lipinski definition) is 0. The van der Waals surface area contributed by atoms with Gasteiger partial charge in [-0.15, -0.1) is 11.6 Å². The second-order valence-corrected chi connectivity index (χ2v) is 5.14. The topological polar surface area (TPSA) is 20.3 Å². The molecule has 0 aromatic heterocycles. The SMILES string of the molecule is CC(CCl)C(=O)N(C)C1CCCCC1C. The van der Waals surface area contributed by atoms with Crippen LogP contribution in [0.2, 0.25) is 0 Å². The van der Waals surface area contributed by atoms with Crippen LogP contribution >= 0.6 is 11.6 Å². The van der Waals surface area contributed by atoms with Crippen LogP contribution in [0.5, 0.6) is 0 Å². The van der Waals surface area contributed by atoms with Gasteiger partial charge in [0.2, 0.25) is 5.91 Å². The Balaban J connectivity index is 2.57. The summed E-state index contributed by atoms with van der Waals surface area (Å²) in [6, 6.07) is 0.428. The zero-order valence-corrected chi connectivity index (χ0v) is 10.8. The first-order valence-corrected chi connectivity index (χ1v) is 6.44. The minimum absolute atomic E-state index is 0.0502. The van der Waals surface area contributed by atoms with E-state index in [1.54, 1.807) is 0 Å². The van der Waals surface area contributed by atoms with Crippen LogP contribution in [0.3, 0.4) is 0 Å². The number of carbonyl (C=O) groups excluding carboxylic acids is 1. The highest BCUT2D eigenvalue weighted by Crippen LogP contribution is 2.28. The largest absolute Gasteiger partial charge is 0.342 e. The predicted octanol–water partition coefficient (Wildman–Crippen LogP) is 2.90. The number of hydrogen-bond acceptors (Lipinski definition) is 1. The first-order chi connectivity index (χ1) is 7.07. The van der Waals surface area contributed by atoms with E-state index in [-0.39, 0.29) is 11.8 Å². The molecule has 0 heterocycles. The van der Waals surface area contributed by atoms with Gasteiger partial charge < -0.3 is 4.90 Å². The van der Waals surface area contributed by atoms with Crippen molar-refractivity contribution in [3.8, 4) is 0 Å². The highest BCUT2D eigenvalue weighted by atomic mass is 35.5. The number of carbonyl (C=O) groups is 1. The van der Waals surface area contributed by atoms with Crippen LogP contribution < -0.4 is 0 Å². The van der Waals surface area contributed by atoms with E-state index in [1.165, 1.54) is 19.3 Å². The van der Waals surface area contributed by atoms with E-state index in [0.717, 1.165) is 6.42 Å². The molecule has 0 bridgehead atoms. The van der Waals surface area contributed by atoms with Crippen LogP contribution in [0.25, 0.3) is 0 Å². The second-order valence-electron chi connectivity index (χ2n) is 4.83. The Kier molecular flexibility index (Phi) is 4.91. The molecule has 15 heavy (non-hydrogen) atoms. The molecule has 2 nitrogen and oxygen atoms in total. The van der Waals surface area contributed by atoms with Gasteiger partial charge in [0.05, 0.1) is 0 Å². The standard InChI is InChI=1S/C12H22ClNO/c1-9-6-4-5-7-11(9)14(3)12(15)10(2)8-13/h9-11H,4-8H2,1-3H3. The van der Waals surface area contributed by atoms with Gasteiger partial charge in [0.15, 0.2) is 0 Å². The number of amides is 1. The second kappa shape index (κ2) is 5.74. The smallest absolute Gasteiger partial charge is 0.226 e. The molecular weight excluding hydrogens is 210 g/mol. The zero-order chi connectivity index (χ0) is 11.4. The van der Waals surface area contributed by atoms with Gasteiger partial charge in [-0.05, 0) is 18.8 Å². The zero-order valence-electron chi connectivity index (χ0n) is 10.0. The van der Waals surface area contributed by atoms with Crippen molar-refractivity contribution in [3.05, 3.63) is 0 Å². The summed E-state index contributed by atoms with van der Waals surface area (Å²) in [5.41, 5.74) is 0. The summed E-state index contributed by atoms with van der Waals surface area (Å²) in [6.45, 7) is 4.15. The van der Waals surface area contributed by atoms with E-state index in [4.69, 9.17) is 11.6 Å². The third kappa shape index (κ3) is 3.10. The molecule has 0 radical (unpaired) electrons. The molecule has 0 aliphatic heterocycles. The summed E-state index contributed by atoms with van der Waals surface area (Å²) < 4.78 is 0. The van der Waals surface area contributed by atoms with Crippen molar-refractivity contribution in [1.29, 1.82) is 0 Å². The first-order valence-electron chi connectivity index (χ1n) is 5.90. The van der Waals surface area contributed by atoms with E-state index in [1.807, 2.05) is 18.9 Å². The predicted molar refractivity (Wildman–Crippen MR) is 64.1 cm³/mol. The van der Waals surface area contributed by atoms with Crippen molar-refractivity contribution in [2.24, 2.45) is 11.8 Å². The van der Waals surface area contributed by atoms with Crippen LogP contribution in [0.15, 0.2) is 0 Å². The minimum atomic E-state index is -0.0502. The van der Waals surface area contributed by atoms with Crippen molar-refractivity contribution in [2.75, 3.05) is 12.9 Å². The maximum absolute atomic E-state index is 12.0. The minimum Gasteiger partial charge on any atom is -0.342 e. The maximum Gasteiger partial charge on any atom is 0.226 e. The lowest BCUT2D eigenvalue weighted by Gasteiger charge is -2.37. The molecule has 0 spiro atoms. The molecule has 0 N–H and O–H groups in total. The monoisotopic (exact) mass is 231 g/mol. The van der Waals surface area contributed by atoms with E-state index >= 15 is 0 Å². The number of rotatable bonds is 3. The highest BCUT2D eigenvalue weighted by molar-refractivity contribution is 6.19. The van der Waals surface area contributed by atoms with Crippen LogP contribution in [-0.2, 0) is 4.79 Å². The van der Waals surface area contributed by atoms with Gasteiger partial charge in [0.1, 0.15) is 0 Å². The lowest BCUT2D eigenvalue weighted by Crippen LogP contribution is -2.45. The molecule has 0 saturated heterocycles.